The van der Waals surface area contributed by atoms with Crippen molar-refractivity contribution in [2.24, 2.45) is 7.05 Å². The molecule has 1 saturated heterocycles. The van der Waals surface area contributed by atoms with Gasteiger partial charge in [0.05, 0.1) is 11.6 Å². The van der Waals surface area contributed by atoms with Crippen LogP contribution in [0.2, 0.25) is 0 Å². The number of hydrogen-bond donors (Lipinski definition) is 0. The molecule has 7 nitrogen and oxygen atoms in total. The highest BCUT2D eigenvalue weighted by Crippen LogP contribution is 2.19. The average Bonchev–Trinajstić information content (AvgIpc) is 3.12. The Bertz CT molecular complexity index is 625. The molecule has 0 bridgehead atoms. The maximum absolute atomic E-state index is 12.5. The third kappa shape index (κ3) is 3.02. The first-order valence-corrected chi connectivity index (χ1v) is 8.39. The summed E-state index contributed by atoms with van der Waals surface area (Å²) in [5, 5.41) is 15.6. The van der Waals surface area contributed by atoms with E-state index in [2.05, 4.69) is 27.3 Å². The van der Waals surface area contributed by atoms with Gasteiger partial charge in [-0.2, -0.15) is 11.3 Å². The van der Waals surface area contributed by atoms with Crippen LogP contribution in [0.4, 0.5) is 0 Å². The van der Waals surface area contributed by atoms with E-state index in [9.17, 15) is 4.79 Å². The fourth-order valence-corrected chi connectivity index (χ4v) is 3.48. The number of tetrazole rings is 1. The van der Waals surface area contributed by atoms with Crippen molar-refractivity contribution in [2.75, 3.05) is 26.2 Å². The van der Waals surface area contributed by atoms with Gasteiger partial charge in [0, 0.05) is 38.6 Å². The Labute approximate surface area is 133 Å². The van der Waals surface area contributed by atoms with Crippen LogP contribution in [0.25, 0.3) is 0 Å². The minimum atomic E-state index is 0.135. The second kappa shape index (κ2) is 6.53. The molecule has 0 aromatic carbocycles. The Morgan fingerprint density at radius 1 is 1.32 bits per heavy atom. The Morgan fingerprint density at radius 3 is 2.86 bits per heavy atom. The molecule has 0 saturated carbocycles. The number of nitrogens with zero attached hydrogens (tertiary/aromatic N) is 6. The lowest BCUT2D eigenvalue weighted by Crippen LogP contribution is -2.36. The zero-order chi connectivity index (χ0) is 15.5. The van der Waals surface area contributed by atoms with Crippen LogP contribution in [-0.2, 0) is 7.05 Å². The number of amides is 1. The third-order valence-electron chi connectivity index (χ3n) is 4.16. The quantitative estimate of drug-likeness (QED) is 0.849. The highest BCUT2D eigenvalue weighted by Gasteiger charge is 2.25. The summed E-state index contributed by atoms with van der Waals surface area (Å²) in [5.74, 6) is 0.994. The van der Waals surface area contributed by atoms with Gasteiger partial charge in [0.2, 0.25) is 0 Å². The molecule has 2 aromatic heterocycles. The Morgan fingerprint density at radius 2 is 2.18 bits per heavy atom. The minimum Gasteiger partial charge on any atom is -0.337 e. The van der Waals surface area contributed by atoms with Crippen LogP contribution in [-0.4, -0.2) is 62.1 Å². The van der Waals surface area contributed by atoms with E-state index in [4.69, 9.17) is 0 Å². The van der Waals surface area contributed by atoms with Crippen LogP contribution >= 0.6 is 11.3 Å². The molecule has 1 aliphatic rings. The average molecular weight is 320 g/mol. The van der Waals surface area contributed by atoms with Crippen molar-refractivity contribution in [1.82, 2.24) is 30.0 Å². The second-order valence-corrected chi connectivity index (χ2v) is 6.31. The highest BCUT2D eigenvalue weighted by molar-refractivity contribution is 7.08. The molecular weight excluding hydrogens is 300 g/mol. The lowest BCUT2D eigenvalue weighted by Gasteiger charge is -2.26. The van der Waals surface area contributed by atoms with Crippen LogP contribution < -0.4 is 0 Å². The molecule has 22 heavy (non-hydrogen) atoms. The van der Waals surface area contributed by atoms with Crippen molar-refractivity contribution in [2.45, 2.75) is 19.4 Å². The van der Waals surface area contributed by atoms with Gasteiger partial charge in [-0.1, -0.05) is 0 Å². The van der Waals surface area contributed by atoms with E-state index in [-0.39, 0.29) is 11.9 Å². The first-order chi connectivity index (χ1) is 10.7. The number of carbonyl (C=O) groups is 1. The fraction of sp³-hybridized carbons (Fsp3) is 0.571. The van der Waals surface area contributed by atoms with E-state index < -0.39 is 0 Å². The van der Waals surface area contributed by atoms with E-state index >= 15 is 0 Å². The van der Waals surface area contributed by atoms with Crippen molar-refractivity contribution < 1.29 is 4.79 Å². The van der Waals surface area contributed by atoms with Gasteiger partial charge in [-0.25, -0.2) is 4.68 Å². The third-order valence-corrected chi connectivity index (χ3v) is 4.84. The Kier molecular flexibility index (Phi) is 4.49. The largest absolute Gasteiger partial charge is 0.337 e. The molecule has 3 rings (SSSR count). The molecule has 118 valence electrons. The van der Waals surface area contributed by atoms with E-state index in [1.807, 2.05) is 28.8 Å². The van der Waals surface area contributed by atoms with Gasteiger partial charge in [-0.05, 0) is 35.2 Å². The van der Waals surface area contributed by atoms with Crippen molar-refractivity contribution in [3.63, 3.8) is 0 Å². The monoisotopic (exact) mass is 320 g/mol. The number of carbonyl (C=O) groups excluding carboxylic acids is 1. The van der Waals surface area contributed by atoms with Gasteiger partial charge >= 0.3 is 0 Å². The predicted molar refractivity (Wildman–Crippen MR) is 83.6 cm³/mol. The molecule has 1 fully saturated rings. The first kappa shape index (κ1) is 15.1. The lowest BCUT2D eigenvalue weighted by atomic mass is 10.2. The fourth-order valence-electron chi connectivity index (χ4n) is 2.85. The molecule has 0 spiro atoms. The molecule has 0 N–H and O–H groups in total. The molecule has 1 aliphatic heterocycles. The van der Waals surface area contributed by atoms with Crippen molar-refractivity contribution >= 4 is 17.2 Å². The summed E-state index contributed by atoms with van der Waals surface area (Å²) in [5.41, 5.74) is 0.795. The predicted octanol–water partition coefficient (Wildman–Crippen LogP) is 1.18. The van der Waals surface area contributed by atoms with Crippen LogP contribution in [0.15, 0.2) is 16.8 Å². The summed E-state index contributed by atoms with van der Waals surface area (Å²) < 4.78 is 1.71. The molecular formula is C14H20N6OS. The lowest BCUT2D eigenvalue weighted by molar-refractivity contribution is 0.0758. The van der Waals surface area contributed by atoms with E-state index in [0.717, 1.165) is 44.0 Å². The Balaban J connectivity index is 1.65. The zero-order valence-corrected chi connectivity index (χ0v) is 13.7. The van der Waals surface area contributed by atoms with Gasteiger partial charge in [0.15, 0.2) is 5.82 Å². The number of thiophene rings is 1. The summed E-state index contributed by atoms with van der Waals surface area (Å²) in [4.78, 5) is 16.7. The maximum Gasteiger partial charge on any atom is 0.254 e. The standard InChI is InChI=1S/C14H20N6OS/c1-11(13-15-16-17-18(13)2)19-5-3-6-20(8-7-19)14(21)12-4-9-22-10-12/h4,9-11H,3,5-8H2,1-2H3/t11-/m0/s1. The number of aromatic nitrogens is 4. The number of rotatable bonds is 3. The van der Waals surface area contributed by atoms with Crippen molar-refractivity contribution in [1.29, 1.82) is 0 Å². The highest BCUT2D eigenvalue weighted by atomic mass is 32.1. The summed E-state index contributed by atoms with van der Waals surface area (Å²) in [6.45, 7) is 5.44. The maximum atomic E-state index is 12.5. The van der Waals surface area contributed by atoms with E-state index in [1.165, 1.54) is 0 Å². The van der Waals surface area contributed by atoms with E-state index in [0.29, 0.717) is 0 Å². The van der Waals surface area contributed by atoms with Gasteiger partial charge in [0.1, 0.15) is 0 Å². The normalized spacial score (nSPS) is 18.2. The zero-order valence-electron chi connectivity index (χ0n) is 12.8. The topological polar surface area (TPSA) is 67.2 Å². The molecule has 2 aromatic rings. The summed E-state index contributed by atoms with van der Waals surface area (Å²) >= 11 is 1.56. The molecule has 0 aliphatic carbocycles. The van der Waals surface area contributed by atoms with Gasteiger partial charge in [-0.15, -0.1) is 5.10 Å². The smallest absolute Gasteiger partial charge is 0.254 e. The van der Waals surface area contributed by atoms with Crippen LogP contribution in [0.3, 0.4) is 0 Å². The van der Waals surface area contributed by atoms with Crippen molar-refractivity contribution in [3.05, 3.63) is 28.2 Å². The molecule has 8 heteroatoms. The molecule has 1 amide bonds. The molecule has 0 radical (unpaired) electrons. The summed E-state index contributed by atoms with van der Waals surface area (Å²) in [6.07, 6.45) is 0.964. The van der Waals surface area contributed by atoms with Gasteiger partial charge in [0.25, 0.3) is 5.91 Å². The number of hydrogen-bond acceptors (Lipinski definition) is 6. The second-order valence-electron chi connectivity index (χ2n) is 5.53. The Hall–Kier alpha value is -1.80. The van der Waals surface area contributed by atoms with E-state index in [1.54, 1.807) is 16.0 Å². The van der Waals surface area contributed by atoms with Crippen LogP contribution in [0.1, 0.15) is 35.6 Å². The molecule has 1 atom stereocenters. The molecule has 0 unspecified atom stereocenters. The SMILES string of the molecule is C[C@@H](c1nnnn1C)N1CCCN(C(=O)c2ccsc2)CC1. The van der Waals surface area contributed by atoms with Crippen LogP contribution in [0.5, 0.6) is 0 Å². The van der Waals surface area contributed by atoms with Gasteiger partial charge < -0.3 is 4.90 Å². The first-order valence-electron chi connectivity index (χ1n) is 7.44. The molecule has 3 heterocycles. The minimum absolute atomic E-state index is 0.135. The summed E-state index contributed by atoms with van der Waals surface area (Å²) in [7, 11) is 1.86. The van der Waals surface area contributed by atoms with Gasteiger partial charge in [-0.3, -0.25) is 9.69 Å². The number of aryl methyl sites for hydroxylation is 1. The van der Waals surface area contributed by atoms with Crippen LogP contribution in [0, 0.1) is 0 Å². The van der Waals surface area contributed by atoms with Crippen molar-refractivity contribution in [3.8, 4) is 0 Å². The summed E-state index contributed by atoms with van der Waals surface area (Å²) in [6, 6.07) is 2.04.